The molecule has 0 saturated carbocycles. The topological polar surface area (TPSA) is 75.0 Å². The van der Waals surface area contributed by atoms with Crippen LogP contribution in [0.2, 0.25) is 0 Å². The second-order valence-corrected chi connectivity index (χ2v) is 3.46. The van der Waals surface area contributed by atoms with E-state index in [4.69, 9.17) is 5.73 Å². The van der Waals surface area contributed by atoms with Gasteiger partial charge in [0.15, 0.2) is 0 Å². The first-order valence-corrected chi connectivity index (χ1v) is 4.61. The zero-order valence-electron chi connectivity index (χ0n) is 8.53. The lowest BCUT2D eigenvalue weighted by Gasteiger charge is -2.18. The number of rotatable bonds is 4. The SMILES string of the molecule is CC(N)CCN(C)c1cc(=O)[nH]cn1. The van der Waals surface area contributed by atoms with Gasteiger partial charge < -0.3 is 15.6 Å². The minimum absolute atomic E-state index is 0.136. The Kier molecular flexibility index (Phi) is 3.64. The fourth-order valence-corrected chi connectivity index (χ4v) is 1.08. The van der Waals surface area contributed by atoms with E-state index in [1.54, 1.807) is 0 Å². The highest BCUT2D eigenvalue weighted by atomic mass is 16.1. The van der Waals surface area contributed by atoms with Gasteiger partial charge in [-0.1, -0.05) is 0 Å². The summed E-state index contributed by atoms with van der Waals surface area (Å²) in [6.45, 7) is 2.76. The van der Waals surface area contributed by atoms with E-state index in [2.05, 4.69) is 9.97 Å². The van der Waals surface area contributed by atoms with Crippen molar-refractivity contribution >= 4 is 5.82 Å². The molecule has 5 heteroatoms. The highest BCUT2D eigenvalue weighted by Gasteiger charge is 2.03. The first kappa shape index (κ1) is 10.7. The summed E-state index contributed by atoms with van der Waals surface area (Å²) in [6.07, 6.45) is 2.28. The lowest BCUT2D eigenvalue weighted by molar-refractivity contribution is 0.656. The van der Waals surface area contributed by atoms with E-state index in [0.717, 1.165) is 13.0 Å². The molecule has 0 fully saturated rings. The number of nitrogens with zero attached hydrogens (tertiary/aromatic N) is 2. The van der Waals surface area contributed by atoms with Crippen LogP contribution in [0.1, 0.15) is 13.3 Å². The minimum atomic E-state index is -0.136. The quantitative estimate of drug-likeness (QED) is 0.707. The lowest BCUT2D eigenvalue weighted by atomic mass is 10.2. The van der Waals surface area contributed by atoms with Crippen molar-refractivity contribution < 1.29 is 0 Å². The Balaban J connectivity index is 2.60. The van der Waals surface area contributed by atoms with Crippen LogP contribution in [-0.4, -0.2) is 29.6 Å². The number of hydrogen-bond acceptors (Lipinski definition) is 4. The number of H-pyrrole nitrogens is 1. The van der Waals surface area contributed by atoms with Gasteiger partial charge in [-0.05, 0) is 13.3 Å². The summed E-state index contributed by atoms with van der Waals surface area (Å²) in [4.78, 5) is 19.4. The highest BCUT2D eigenvalue weighted by Crippen LogP contribution is 2.04. The minimum Gasteiger partial charge on any atom is -0.359 e. The molecule has 0 amide bonds. The fraction of sp³-hybridized carbons (Fsp3) is 0.556. The normalized spacial score (nSPS) is 12.5. The molecule has 1 aromatic rings. The average Bonchev–Trinajstić information content (AvgIpc) is 2.14. The summed E-state index contributed by atoms with van der Waals surface area (Å²) in [7, 11) is 1.89. The van der Waals surface area contributed by atoms with Crippen LogP contribution in [0.5, 0.6) is 0 Å². The van der Waals surface area contributed by atoms with Gasteiger partial charge in [-0.3, -0.25) is 4.79 Å². The summed E-state index contributed by atoms with van der Waals surface area (Å²) in [5, 5.41) is 0. The zero-order chi connectivity index (χ0) is 10.6. The van der Waals surface area contributed by atoms with E-state index < -0.39 is 0 Å². The Morgan fingerprint density at radius 1 is 1.71 bits per heavy atom. The maximum atomic E-state index is 11.0. The molecule has 14 heavy (non-hydrogen) atoms. The van der Waals surface area contributed by atoms with Gasteiger partial charge in [-0.15, -0.1) is 0 Å². The van der Waals surface area contributed by atoms with Crippen LogP contribution in [-0.2, 0) is 0 Å². The standard InChI is InChI=1S/C9H16N4O/c1-7(10)3-4-13(2)8-5-9(14)12-6-11-8/h5-7H,3-4,10H2,1-2H3,(H,11,12,14). The number of hydrogen-bond donors (Lipinski definition) is 2. The number of nitrogens with two attached hydrogens (primary N) is 1. The van der Waals surface area contributed by atoms with Gasteiger partial charge in [0.2, 0.25) is 0 Å². The Hall–Kier alpha value is -1.36. The third-order valence-electron chi connectivity index (χ3n) is 1.97. The van der Waals surface area contributed by atoms with Gasteiger partial charge >= 0.3 is 0 Å². The van der Waals surface area contributed by atoms with Crippen LogP contribution in [0.3, 0.4) is 0 Å². The van der Waals surface area contributed by atoms with Gasteiger partial charge in [0, 0.05) is 25.7 Å². The third kappa shape index (κ3) is 3.18. The zero-order valence-corrected chi connectivity index (χ0v) is 8.53. The molecule has 0 saturated heterocycles. The monoisotopic (exact) mass is 196 g/mol. The number of aromatic nitrogens is 2. The molecule has 3 N–H and O–H groups in total. The van der Waals surface area contributed by atoms with Crippen molar-refractivity contribution in [2.24, 2.45) is 5.73 Å². The predicted molar refractivity (Wildman–Crippen MR) is 56.4 cm³/mol. The maximum Gasteiger partial charge on any atom is 0.252 e. The molecule has 1 aromatic heterocycles. The molecule has 78 valence electrons. The van der Waals surface area contributed by atoms with Gasteiger partial charge in [0.25, 0.3) is 5.56 Å². The second-order valence-electron chi connectivity index (χ2n) is 3.46. The lowest BCUT2D eigenvalue weighted by Crippen LogP contribution is -2.27. The molecular formula is C9H16N4O. The van der Waals surface area contributed by atoms with Crippen molar-refractivity contribution in [3.05, 3.63) is 22.7 Å². The molecule has 0 aliphatic rings. The van der Waals surface area contributed by atoms with Crippen molar-refractivity contribution in [3.8, 4) is 0 Å². The molecule has 0 aliphatic carbocycles. The smallest absolute Gasteiger partial charge is 0.252 e. The first-order valence-electron chi connectivity index (χ1n) is 4.61. The fourth-order valence-electron chi connectivity index (χ4n) is 1.08. The molecular weight excluding hydrogens is 180 g/mol. The average molecular weight is 196 g/mol. The Morgan fingerprint density at radius 3 is 3.00 bits per heavy atom. The van der Waals surface area contributed by atoms with E-state index in [-0.39, 0.29) is 11.6 Å². The Labute approximate surface area is 83.0 Å². The molecule has 1 atom stereocenters. The van der Waals surface area contributed by atoms with E-state index >= 15 is 0 Å². The summed E-state index contributed by atoms with van der Waals surface area (Å²) in [5.41, 5.74) is 5.50. The Bertz CT molecular complexity index is 334. The summed E-state index contributed by atoms with van der Waals surface area (Å²) in [5.74, 6) is 0.675. The molecule has 0 radical (unpaired) electrons. The second kappa shape index (κ2) is 4.76. The summed E-state index contributed by atoms with van der Waals surface area (Å²) in [6, 6.07) is 1.64. The molecule has 1 heterocycles. The van der Waals surface area contributed by atoms with E-state index in [0.29, 0.717) is 5.82 Å². The number of anilines is 1. The number of nitrogens with one attached hydrogen (secondary N) is 1. The summed E-state index contributed by atoms with van der Waals surface area (Å²) < 4.78 is 0. The van der Waals surface area contributed by atoms with E-state index in [1.165, 1.54) is 12.4 Å². The van der Waals surface area contributed by atoms with Crippen molar-refractivity contribution in [1.29, 1.82) is 0 Å². The highest BCUT2D eigenvalue weighted by molar-refractivity contribution is 5.34. The molecule has 0 aliphatic heterocycles. The van der Waals surface area contributed by atoms with Gasteiger partial charge in [0.05, 0.1) is 6.33 Å². The largest absolute Gasteiger partial charge is 0.359 e. The molecule has 5 nitrogen and oxygen atoms in total. The number of aromatic amines is 1. The molecule has 1 unspecified atom stereocenters. The molecule has 0 aromatic carbocycles. The van der Waals surface area contributed by atoms with E-state index in [1.807, 2.05) is 18.9 Å². The van der Waals surface area contributed by atoms with Gasteiger partial charge in [-0.2, -0.15) is 0 Å². The van der Waals surface area contributed by atoms with E-state index in [9.17, 15) is 4.79 Å². The van der Waals surface area contributed by atoms with Crippen molar-refractivity contribution in [2.45, 2.75) is 19.4 Å². The maximum absolute atomic E-state index is 11.0. The van der Waals surface area contributed by atoms with Gasteiger partial charge in [-0.25, -0.2) is 4.98 Å². The molecule has 1 rings (SSSR count). The van der Waals surface area contributed by atoms with Crippen LogP contribution in [0, 0.1) is 0 Å². The van der Waals surface area contributed by atoms with Gasteiger partial charge in [0.1, 0.15) is 5.82 Å². The Morgan fingerprint density at radius 2 is 2.43 bits per heavy atom. The summed E-state index contributed by atoms with van der Waals surface area (Å²) >= 11 is 0. The van der Waals surface area contributed by atoms with Crippen LogP contribution in [0.4, 0.5) is 5.82 Å². The molecule has 0 spiro atoms. The van der Waals surface area contributed by atoms with Crippen LogP contribution >= 0.6 is 0 Å². The van der Waals surface area contributed by atoms with Crippen molar-refractivity contribution in [3.63, 3.8) is 0 Å². The predicted octanol–water partition coefficient (Wildman–Crippen LogP) is -0.0566. The first-order chi connectivity index (χ1) is 6.59. The third-order valence-corrected chi connectivity index (χ3v) is 1.97. The molecule has 0 bridgehead atoms. The van der Waals surface area contributed by atoms with Crippen molar-refractivity contribution in [1.82, 2.24) is 9.97 Å². The van der Waals surface area contributed by atoms with Crippen LogP contribution in [0.25, 0.3) is 0 Å². The van der Waals surface area contributed by atoms with Crippen LogP contribution < -0.4 is 16.2 Å². The van der Waals surface area contributed by atoms with Crippen LogP contribution in [0.15, 0.2) is 17.2 Å². The van der Waals surface area contributed by atoms with Crippen molar-refractivity contribution in [2.75, 3.05) is 18.5 Å².